The highest BCUT2D eigenvalue weighted by molar-refractivity contribution is 14.1. The first kappa shape index (κ1) is 18.0. The lowest BCUT2D eigenvalue weighted by Crippen LogP contribution is -2.08. The van der Waals surface area contributed by atoms with Gasteiger partial charge in [0.25, 0.3) is 0 Å². The Morgan fingerprint density at radius 2 is 1.96 bits per heavy atom. The van der Waals surface area contributed by atoms with E-state index in [-0.39, 0.29) is 5.91 Å². The number of amides is 1. The van der Waals surface area contributed by atoms with Crippen molar-refractivity contribution >= 4 is 68.8 Å². The van der Waals surface area contributed by atoms with Crippen molar-refractivity contribution in [3.05, 3.63) is 54.9 Å². The molecule has 0 atom stereocenters. The van der Waals surface area contributed by atoms with Gasteiger partial charge in [-0.3, -0.25) is 4.79 Å². The maximum Gasteiger partial charge on any atom is 0.355 e. The fourth-order valence-corrected chi connectivity index (χ4v) is 2.99. The molecule has 1 heterocycles. The van der Waals surface area contributed by atoms with Gasteiger partial charge in [-0.05, 0) is 70.3 Å². The highest BCUT2D eigenvalue weighted by atomic mass is 127. The third-order valence-electron chi connectivity index (χ3n) is 2.86. The van der Waals surface area contributed by atoms with Crippen LogP contribution in [-0.4, -0.2) is 23.5 Å². The quantitative estimate of drug-likeness (QED) is 0.345. The van der Waals surface area contributed by atoms with Gasteiger partial charge in [0.15, 0.2) is 0 Å². The number of anilines is 1. The van der Waals surface area contributed by atoms with E-state index in [1.165, 1.54) is 6.08 Å². The maximum atomic E-state index is 12.0. The number of halogens is 2. The van der Waals surface area contributed by atoms with Gasteiger partial charge in [0.1, 0.15) is 5.69 Å². The van der Waals surface area contributed by atoms with E-state index in [0.29, 0.717) is 23.6 Å². The number of carbonyl (C=O) groups excluding carboxylic acids is 2. The summed E-state index contributed by atoms with van der Waals surface area (Å²) in [6, 6.07) is 9.17. The van der Waals surface area contributed by atoms with E-state index in [1.54, 1.807) is 25.1 Å². The van der Waals surface area contributed by atoms with Gasteiger partial charge in [-0.2, -0.15) is 0 Å². The van der Waals surface area contributed by atoms with Crippen LogP contribution >= 0.6 is 45.2 Å². The molecule has 2 aromatic rings. The van der Waals surface area contributed by atoms with Crippen LogP contribution in [0.4, 0.5) is 5.69 Å². The smallest absolute Gasteiger partial charge is 0.355 e. The Hall–Kier alpha value is -1.36. The summed E-state index contributed by atoms with van der Waals surface area (Å²) in [5, 5.41) is 2.76. The van der Waals surface area contributed by atoms with Crippen molar-refractivity contribution < 1.29 is 14.3 Å². The zero-order valence-electron chi connectivity index (χ0n) is 12.2. The monoisotopic (exact) mass is 536 g/mol. The number of carbonyl (C=O) groups is 2. The van der Waals surface area contributed by atoms with E-state index in [9.17, 15) is 9.59 Å². The van der Waals surface area contributed by atoms with Crippen LogP contribution in [0.25, 0.3) is 6.08 Å². The Balaban J connectivity index is 2.18. The summed E-state index contributed by atoms with van der Waals surface area (Å²) in [6.07, 6.45) is 3.02. The lowest BCUT2D eigenvalue weighted by molar-refractivity contribution is -0.111. The number of aromatic amines is 1. The van der Waals surface area contributed by atoms with Crippen LogP contribution in [0, 0.1) is 7.27 Å². The number of esters is 1. The number of para-hydroxylation sites is 1. The zero-order valence-corrected chi connectivity index (χ0v) is 16.5. The lowest BCUT2D eigenvalue weighted by atomic mass is 10.2. The van der Waals surface area contributed by atoms with Crippen LogP contribution in [0.15, 0.2) is 36.4 Å². The van der Waals surface area contributed by atoms with Gasteiger partial charge in [0.05, 0.1) is 13.9 Å². The van der Waals surface area contributed by atoms with E-state index in [0.717, 1.165) is 7.27 Å². The molecular formula is C16H14I2N2O3. The van der Waals surface area contributed by atoms with Crippen LogP contribution < -0.4 is 5.32 Å². The van der Waals surface area contributed by atoms with Gasteiger partial charge in [0.2, 0.25) is 5.91 Å². The fraction of sp³-hybridized carbons (Fsp3) is 0.125. The van der Waals surface area contributed by atoms with Crippen LogP contribution in [0.5, 0.6) is 0 Å². The van der Waals surface area contributed by atoms with E-state index < -0.39 is 5.97 Å². The normalized spacial score (nSPS) is 10.7. The number of H-pyrrole nitrogens is 1. The molecule has 0 radical (unpaired) electrons. The zero-order chi connectivity index (χ0) is 16.8. The third kappa shape index (κ3) is 4.80. The number of benzene rings is 1. The minimum absolute atomic E-state index is 0.266. The molecule has 120 valence electrons. The molecule has 0 aliphatic heterocycles. The van der Waals surface area contributed by atoms with Crippen LogP contribution in [-0.2, 0) is 9.53 Å². The van der Waals surface area contributed by atoms with Gasteiger partial charge in [-0.15, -0.1) is 0 Å². The summed E-state index contributed by atoms with van der Waals surface area (Å²) in [7, 11) is 0. The van der Waals surface area contributed by atoms with Gasteiger partial charge in [-0.1, -0.05) is 18.2 Å². The first-order chi connectivity index (χ1) is 11.0. The summed E-state index contributed by atoms with van der Waals surface area (Å²) in [6.45, 7) is 2.04. The Labute approximate surface area is 161 Å². The summed E-state index contributed by atoms with van der Waals surface area (Å²) in [5.74, 6) is -0.700. The molecular weight excluding hydrogens is 522 g/mol. The van der Waals surface area contributed by atoms with E-state index in [1.807, 2.05) is 18.2 Å². The number of hydrogen-bond acceptors (Lipinski definition) is 3. The van der Waals surface area contributed by atoms with Crippen molar-refractivity contribution in [1.29, 1.82) is 0 Å². The minimum Gasteiger partial charge on any atom is -0.461 e. The molecule has 23 heavy (non-hydrogen) atoms. The molecule has 2 N–H and O–H groups in total. The molecule has 0 fully saturated rings. The molecule has 0 aliphatic rings. The molecule has 0 saturated carbocycles. The molecule has 0 bridgehead atoms. The van der Waals surface area contributed by atoms with Crippen molar-refractivity contribution in [2.24, 2.45) is 0 Å². The molecule has 2 rings (SSSR count). The van der Waals surface area contributed by atoms with Gasteiger partial charge < -0.3 is 15.0 Å². The highest BCUT2D eigenvalue weighted by Crippen LogP contribution is 2.25. The van der Waals surface area contributed by atoms with Crippen molar-refractivity contribution in [2.45, 2.75) is 6.92 Å². The third-order valence-corrected chi connectivity index (χ3v) is 5.82. The van der Waals surface area contributed by atoms with Crippen molar-refractivity contribution in [3.63, 3.8) is 0 Å². The first-order valence-corrected chi connectivity index (χ1v) is 8.96. The number of hydrogen-bond donors (Lipinski definition) is 2. The van der Waals surface area contributed by atoms with E-state index >= 15 is 0 Å². The van der Waals surface area contributed by atoms with Crippen LogP contribution in [0.3, 0.4) is 0 Å². The molecule has 1 aromatic carbocycles. The molecule has 1 amide bonds. The van der Waals surface area contributed by atoms with E-state index in [2.05, 4.69) is 55.5 Å². The molecule has 0 unspecified atom stereocenters. The van der Waals surface area contributed by atoms with Crippen LogP contribution in [0.1, 0.15) is 23.0 Å². The predicted octanol–water partition coefficient (Wildman–Crippen LogP) is 4.05. The largest absolute Gasteiger partial charge is 0.461 e. The van der Waals surface area contributed by atoms with Gasteiger partial charge in [0, 0.05) is 17.3 Å². The van der Waals surface area contributed by atoms with Gasteiger partial charge in [-0.25, -0.2) is 4.79 Å². The second-order valence-corrected chi connectivity index (χ2v) is 6.61. The maximum absolute atomic E-state index is 12.0. The van der Waals surface area contributed by atoms with Crippen LogP contribution in [0.2, 0.25) is 0 Å². The van der Waals surface area contributed by atoms with Gasteiger partial charge >= 0.3 is 5.97 Å². The Kier molecular flexibility index (Phi) is 6.63. The van der Waals surface area contributed by atoms with Crippen molar-refractivity contribution in [3.8, 4) is 0 Å². The number of rotatable bonds is 5. The van der Waals surface area contributed by atoms with Crippen molar-refractivity contribution in [1.82, 2.24) is 4.98 Å². The first-order valence-electron chi connectivity index (χ1n) is 6.81. The molecule has 5 nitrogen and oxygen atoms in total. The Morgan fingerprint density at radius 1 is 1.26 bits per heavy atom. The summed E-state index contributed by atoms with van der Waals surface area (Å²) in [4.78, 5) is 26.9. The molecule has 0 saturated heterocycles. The summed E-state index contributed by atoms with van der Waals surface area (Å²) >= 11 is 4.23. The average Bonchev–Trinajstić information content (AvgIpc) is 2.82. The predicted molar refractivity (Wildman–Crippen MR) is 106 cm³/mol. The number of nitrogens with one attached hydrogen (secondary N) is 2. The molecule has 1 aromatic heterocycles. The molecule has 0 spiro atoms. The molecule has 7 heteroatoms. The topological polar surface area (TPSA) is 71.2 Å². The van der Waals surface area contributed by atoms with E-state index in [4.69, 9.17) is 4.74 Å². The summed E-state index contributed by atoms with van der Waals surface area (Å²) < 4.78 is 6.73. The minimum atomic E-state index is -0.434. The lowest BCUT2D eigenvalue weighted by Gasteiger charge is -2.02. The summed E-state index contributed by atoms with van der Waals surface area (Å²) in [5.41, 5.74) is 1.71. The Morgan fingerprint density at radius 3 is 2.61 bits per heavy atom. The highest BCUT2D eigenvalue weighted by Gasteiger charge is 2.19. The second kappa shape index (κ2) is 8.48. The number of ether oxygens (including phenoxy) is 1. The number of aromatic nitrogens is 1. The second-order valence-electron chi connectivity index (χ2n) is 4.45. The molecule has 0 aliphatic carbocycles. The standard InChI is InChI=1S/C16H14I2N2O3/c1-2-23-16(22)14-11(13(17)15(18)20-14)8-9-12(21)19-10-6-4-3-5-7-10/h3-9,20H,2H2,1H3,(H,19,21)/b9-8+. The fourth-order valence-electron chi connectivity index (χ4n) is 1.85. The SMILES string of the molecule is CCOC(=O)c1[nH]c(I)c(I)c1/C=C/C(=O)Nc1ccccc1. The average molecular weight is 536 g/mol. The Bertz CT molecular complexity index is 739. The van der Waals surface area contributed by atoms with Crippen molar-refractivity contribution in [2.75, 3.05) is 11.9 Å².